The van der Waals surface area contributed by atoms with Gasteiger partial charge in [-0.15, -0.1) is 0 Å². The lowest BCUT2D eigenvalue weighted by atomic mass is 9.90. The first-order valence-electron chi connectivity index (χ1n) is 14.9. The van der Waals surface area contributed by atoms with Crippen molar-refractivity contribution in [2.24, 2.45) is 12.5 Å². The predicted octanol–water partition coefficient (Wildman–Crippen LogP) is 3.47. The molecule has 0 saturated heterocycles. The van der Waals surface area contributed by atoms with E-state index in [-0.39, 0.29) is 29.5 Å². The van der Waals surface area contributed by atoms with E-state index >= 15 is 0 Å². The summed E-state index contributed by atoms with van der Waals surface area (Å²) in [5.74, 6) is 0.951. The van der Waals surface area contributed by atoms with Crippen molar-refractivity contribution in [2.75, 3.05) is 30.4 Å². The Labute approximate surface area is 250 Å². The van der Waals surface area contributed by atoms with E-state index in [0.717, 1.165) is 37.2 Å². The molecule has 0 bridgehead atoms. The van der Waals surface area contributed by atoms with Gasteiger partial charge < -0.3 is 19.6 Å². The summed E-state index contributed by atoms with van der Waals surface area (Å²) in [5, 5.41) is 18.6. The highest BCUT2D eigenvalue weighted by Crippen LogP contribution is 2.40. The Hall–Kier alpha value is -4.22. The van der Waals surface area contributed by atoms with Crippen LogP contribution in [-0.2, 0) is 39.6 Å². The number of nitrogens with one attached hydrogen (secondary N) is 1. The SMILES string of the molecule is C[C@@H]1c2cc(Nc3cc(-c4ccnc(N5CCn6c(cc7c6CC(C)(C)C7)C5=O)c4CO)cn(C)c3=O)nn2CCN1C. The van der Waals surface area contributed by atoms with Crippen LogP contribution in [0.5, 0.6) is 0 Å². The van der Waals surface area contributed by atoms with Crippen LogP contribution in [-0.4, -0.2) is 59.9 Å². The van der Waals surface area contributed by atoms with Crippen LogP contribution in [0.1, 0.15) is 59.8 Å². The van der Waals surface area contributed by atoms with E-state index in [1.54, 1.807) is 30.4 Å². The molecule has 1 aliphatic carbocycles. The quantitative estimate of drug-likeness (QED) is 0.371. The molecule has 0 spiro atoms. The van der Waals surface area contributed by atoms with Gasteiger partial charge in [0.2, 0.25) is 0 Å². The van der Waals surface area contributed by atoms with Crippen molar-refractivity contribution in [3.05, 3.63) is 75.2 Å². The summed E-state index contributed by atoms with van der Waals surface area (Å²) in [7, 11) is 3.80. The molecule has 11 heteroatoms. The number of pyridine rings is 2. The summed E-state index contributed by atoms with van der Waals surface area (Å²) in [6.07, 6.45) is 5.33. The highest BCUT2D eigenvalue weighted by Gasteiger charge is 2.37. The summed E-state index contributed by atoms with van der Waals surface area (Å²) in [5.41, 5.74) is 6.67. The van der Waals surface area contributed by atoms with Crippen LogP contribution >= 0.6 is 0 Å². The first-order chi connectivity index (χ1) is 20.5. The molecular weight excluding hydrogens is 544 g/mol. The highest BCUT2D eigenvalue weighted by atomic mass is 16.3. The second-order valence-electron chi connectivity index (χ2n) is 13.0. The number of amides is 1. The topological polar surface area (TPSA) is 113 Å². The van der Waals surface area contributed by atoms with Crippen molar-refractivity contribution >= 4 is 23.2 Å². The van der Waals surface area contributed by atoms with Gasteiger partial charge in [-0.2, -0.15) is 5.10 Å². The fourth-order valence-electron chi connectivity index (χ4n) is 7.02. The summed E-state index contributed by atoms with van der Waals surface area (Å²) >= 11 is 0. The van der Waals surface area contributed by atoms with E-state index in [1.807, 2.05) is 22.9 Å². The molecule has 6 heterocycles. The molecule has 0 unspecified atom stereocenters. The zero-order valence-electron chi connectivity index (χ0n) is 25.4. The third-order valence-corrected chi connectivity index (χ3v) is 9.39. The standard InChI is InChI=1S/C32H38N8O3/c1-19-25-14-28(35-40(25)11-8-36(19)4)34-24-12-21(17-37(5)30(24)42)22-6-7-33-29(23(22)18-41)39-10-9-38-26(31(39)43)13-20-15-32(2,3)16-27(20)38/h6-7,12-14,17,19,41H,8-11,15-16,18H2,1-5H3,(H,34,35)/t19-/m1/s1. The van der Waals surface area contributed by atoms with Gasteiger partial charge in [-0.05, 0) is 61.6 Å². The van der Waals surface area contributed by atoms with Gasteiger partial charge in [-0.25, -0.2) is 4.98 Å². The lowest BCUT2D eigenvalue weighted by Gasteiger charge is -2.31. The molecular formula is C32H38N8O3. The third-order valence-electron chi connectivity index (χ3n) is 9.39. The fourth-order valence-corrected chi connectivity index (χ4v) is 7.02. The van der Waals surface area contributed by atoms with Crippen LogP contribution in [0.3, 0.4) is 0 Å². The van der Waals surface area contributed by atoms with Gasteiger partial charge in [0.25, 0.3) is 11.5 Å². The second kappa shape index (κ2) is 9.92. The van der Waals surface area contributed by atoms with Crippen LogP contribution < -0.4 is 15.8 Å². The molecule has 0 radical (unpaired) electrons. The van der Waals surface area contributed by atoms with E-state index in [2.05, 4.69) is 47.6 Å². The van der Waals surface area contributed by atoms with Crippen LogP contribution in [0.2, 0.25) is 0 Å². The Morgan fingerprint density at radius 1 is 1.07 bits per heavy atom. The number of fused-ring (bicyclic) bond motifs is 4. The average molecular weight is 583 g/mol. The summed E-state index contributed by atoms with van der Waals surface area (Å²) < 4.78 is 5.68. The zero-order valence-corrected chi connectivity index (χ0v) is 25.4. The highest BCUT2D eigenvalue weighted by molar-refractivity contribution is 6.06. The first kappa shape index (κ1) is 27.6. The number of carbonyl (C=O) groups excluding carboxylic acids is 1. The summed E-state index contributed by atoms with van der Waals surface area (Å²) in [6.45, 7) is 9.22. The molecule has 224 valence electrons. The third kappa shape index (κ3) is 4.49. The number of aryl methyl sites for hydroxylation is 1. The number of rotatable bonds is 5. The number of hydrogen-bond donors (Lipinski definition) is 2. The van der Waals surface area contributed by atoms with E-state index in [4.69, 9.17) is 5.10 Å². The van der Waals surface area contributed by atoms with E-state index < -0.39 is 0 Å². The maximum Gasteiger partial charge on any atom is 0.276 e. The lowest BCUT2D eigenvalue weighted by molar-refractivity contribution is 0.0962. The number of anilines is 3. The van der Waals surface area contributed by atoms with Gasteiger partial charge in [0.05, 0.1) is 18.8 Å². The molecule has 1 amide bonds. The van der Waals surface area contributed by atoms with E-state index in [0.29, 0.717) is 47.2 Å². The normalized spacial score (nSPS) is 19.3. The maximum atomic E-state index is 13.8. The molecule has 43 heavy (non-hydrogen) atoms. The summed E-state index contributed by atoms with van der Waals surface area (Å²) in [4.78, 5) is 35.5. The number of aromatic nitrogens is 5. The molecule has 0 aromatic carbocycles. The molecule has 2 N–H and O–H groups in total. The molecule has 0 fully saturated rings. The van der Waals surface area contributed by atoms with Gasteiger partial charge in [-0.1, -0.05) is 13.8 Å². The molecule has 0 saturated carbocycles. The van der Waals surface area contributed by atoms with Crippen molar-refractivity contribution in [1.29, 1.82) is 0 Å². The second-order valence-corrected chi connectivity index (χ2v) is 13.0. The van der Waals surface area contributed by atoms with Gasteiger partial charge in [0, 0.05) is 68.0 Å². The van der Waals surface area contributed by atoms with Crippen molar-refractivity contribution in [3.8, 4) is 11.1 Å². The van der Waals surface area contributed by atoms with Crippen LogP contribution in [0.15, 0.2) is 41.5 Å². The molecule has 7 rings (SSSR count). The van der Waals surface area contributed by atoms with Gasteiger partial charge >= 0.3 is 0 Å². The molecule has 1 atom stereocenters. The minimum atomic E-state index is -0.307. The van der Waals surface area contributed by atoms with E-state index in [1.165, 1.54) is 15.8 Å². The first-order valence-corrected chi connectivity index (χ1v) is 14.9. The Bertz CT molecular complexity index is 1830. The molecule has 4 aromatic rings. The Morgan fingerprint density at radius 2 is 1.88 bits per heavy atom. The Balaban J connectivity index is 1.23. The van der Waals surface area contributed by atoms with Crippen LogP contribution in [0.4, 0.5) is 17.3 Å². The number of hydrogen-bond acceptors (Lipinski definition) is 7. The van der Waals surface area contributed by atoms with Gasteiger partial charge in [0.15, 0.2) is 5.82 Å². The fraction of sp³-hybridized carbons (Fsp3) is 0.438. The summed E-state index contributed by atoms with van der Waals surface area (Å²) in [6, 6.07) is 7.86. The van der Waals surface area contributed by atoms with Crippen LogP contribution in [0, 0.1) is 5.41 Å². The molecule has 3 aliphatic rings. The number of likely N-dealkylation sites (N-methyl/N-ethyl adjacent to an activating group) is 1. The van der Waals surface area contributed by atoms with Crippen molar-refractivity contribution in [1.82, 2.24) is 28.8 Å². The minimum absolute atomic E-state index is 0.107. The Kier molecular flexibility index (Phi) is 6.37. The average Bonchev–Trinajstić information content (AvgIpc) is 3.63. The number of aliphatic hydroxyl groups excluding tert-OH is 1. The minimum Gasteiger partial charge on any atom is -0.392 e. The van der Waals surface area contributed by atoms with Crippen molar-refractivity contribution < 1.29 is 9.90 Å². The maximum absolute atomic E-state index is 13.8. The zero-order chi connectivity index (χ0) is 30.2. The van der Waals surface area contributed by atoms with Crippen molar-refractivity contribution in [2.45, 2.75) is 59.4 Å². The number of carbonyl (C=O) groups is 1. The van der Waals surface area contributed by atoms with Gasteiger partial charge in [-0.3, -0.25) is 24.1 Å². The van der Waals surface area contributed by atoms with Crippen LogP contribution in [0.25, 0.3) is 11.1 Å². The number of aliphatic hydroxyl groups is 1. The molecule has 4 aromatic heterocycles. The Morgan fingerprint density at radius 3 is 2.67 bits per heavy atom. The van der Waals surface area contributed by atoms with Gasteiger partial charge in [0.1, 0.15) is 17.2 Å². The smallest absolute Gasteiger partial charge is 0.276 e. The molecule has 11 nitrogen and oxygen atoms in total. The number of nitrogens with zero attached hydrogens (tertiary/aromatic N) is 7. The monoisotopic (exact) mass is 582 g/mol. The lowest BCUT2D eigenvalue weighted by Crippen LogP contribution is -2.41. The molecule has 2 aliphatic heterocycles. The van der Waals surface area contributed by atoms with Crippen molar-refractivity contribution in [3.63, 3.8) is 0 Å². The largest absolute Gasteiger partial charge is 0.392 e. The predicted molar refractivity (Wildman–Crippen MR) is 165 cm³/mol. The van der Waals surface area contributed by atoms with E-state index in [9.17, 15) is 14.7 Å².